The average Bonchev–Trinajstić information content (AvgIpc) is 3.72. The molecular formula is C28H40Cl4N6. The molecule has 4 heterocycles. The smallest absolute Gasteiger partial charge is 0.123 e. The molecule has 8 rings (SSSR count). The number of hydrogen-bond donors (Lipinski definition) is 4. The van der Waals surface area contributed by atoms with Crippen molar-refractivity contribution in [2.75, 3.05) is 13.1 Å². The van der Waals surface area contributed by atoms with Gasteiger partial charge in [-0.25, -0.2) is 9.97 Å². The molecule has 2 bridgehead atoms. The van der Waals surface area contributed by atoms with Crippen LogP contribution >= 0.6 is 49.6 Å². The van der Waals surface area contributed by atoms with Crippen LogP contribution in [0.2, 0.25) is 0 Å². The van der Waals surface area contributed by atoms with Gasteiger partial charge >= 0.3 is 0 Å². The lowest BCUT2D eigenvalue weighted by atomic mass is 9.51. The van der Waals surface area contributed by atoms with Gasteiger partial charge in [0, 0.05) is 17.3 Å². The number of halogens is 4. The summed E-state index contributed by atoms with van der Waals surface area (Å²) in [6.07, 6.45) is 16.6. The summed E-state index contributed by atoms with van der Waals surface area (Å²) in [5.41, 5.74) is 5.96. The minimum absolute atomic E-state index is 0. The van der Waals surface area contributed by atoms with Gasteiger partial charge in [0.15, 0.2) is 0 Å². The highest BCUT2D eigenvalue weighted by Crippen LogP contribution is 2.58. The van der Waals surface area contributed by atoms with Crippen molar-refractivity contribution in [1.82, 2.24) is 30.6 Å². The zero-order valence-electron chi connectivity index (χ0n) is 21.6. The van der Waals surface area contributed by atoms with Crippen LogP contribution in [0.25, 0.3) is 11.3 Å². The van der Waals surface area contributed by atoms with Crippen LogP contribution in [0, 0.1) is 0 Å². The predicted molar refractivity (Wildman–Crippen MR) is 163 cm³/mol. The van der Waals surface area contributed by atoms with E-state index < -0.39 is 0 Å². The van der Waals surface area contributed by atoms with Crippen LogP contribution in [-0.4, -0.2) is 33.0 Å². The Hall–Kier alpha value is -1.28. The van der Waals surface area contributed by atoms with E-state index in [0.717, 1.165) is 30.4 Å². The van der Waals surface area contributed by atoms with Gasteiger partial charge in [0.1, 0.15) is 11.6 Å². The van der Waals surface area contributed by atoms with Crippen molar-refractivity contribution >= 4 is 49.6 Å². The predicted octanol–water partition coefficient (Wildman–Crippen LogP) is 6.88. The molecular weight excluding hydrogens is 562 g/mol. The van der Waals surface area contributed by atoms with Crippen molar-refractivity contribution in [3.05, 3.63) is 59.6 Å². The third-order valence-corrected chi connectivity index (χ3v) is 9.58. The molecule has 5 fully saturated rings. The Morgan fingerprint density at radius 1 is 0.684 bits per heavy atom. The van der Waals surface area contributed by atoms with Gasteiger partial charge in [-0.15, -0.1) is 49.6 Å². The van der Waals surface area contributed by atoms with Crippen molar-refractivity contribution in [3.8, 4) is 11.3 Å². The SMILES string of the molecule is Cl.Cl.Cl.Cl.c1cc(-c2cnc([C@@H]3CCCN3)[nH]2)cc(C23CCC(c4cnc([C@@H]5CCCN5)[nH]4)(CC2)CC3)c1. The Morgan fingerprint density at radius 2 is 1.26 bits per heavy atom. The lowest BCUT2D eigenvalue weighted by molar-refractivity contribution is 0.0989. The number of fused-ring (bicyclic) bond motifs is 3. The Morgan fingerprint density at radius 3 is 1.87 bits per heavy atom. The fourth-order valence-corrected chi connectivity index (χ4v) is 7.32. The lowest BCUT2D eigenvalue weighted by Crippen LogP contribution is -2.46. The minimum Gasteiger partial charge on any atom is -0.344 e. The molecule has 210 valence electrons. The van der Waals surface area contributed by atoms with Gasteiger partial charge < -0.3 is 20.6 Å². The third kappa shape index (κ3) is 5.37. The molecule has 6 nitrogen and oxygen atoms in total. The second-order valence-corrected chi connectivity index (χ2v) is 11.3. The number of benzene rings is 1. The molecule has 0 amide bonds. The van der Waals surface area contributed by atoms with E-state index in [1.807, 2.05) is 6.20 Å². The number of aromatic nitrogens is 4. The summed E-state index contributed by atoms with van der Waals surface area (Å²) in [7, 11) is 0. The topological polar surface area (TPSA) is 81.4 Å². The fraction of sp³-hybridized carbons (Fsp3) is 0.571. The minimum atomic E-state index is 0. The number of rotatable bonds is 5. The quantitative estimate of drug-likeness (QED) is 0.257. The highest BCUT2D eigenvalue weighted by atomic mass is 35.5. The van der Waals surface area contributed by atoms with E-state index in [9.17, 15) is 0 Å². The summed E-state index contributed by atoms with van der Waals surface area (Å²) >= 11 is 0. The molecule has 0 radical (unpaired) electrons. The molecule has 2 aromatic heterocycles. The van der Waals surface area contributed by atoms with Crippen LogP contribution in [0.15, 0.2) is 36.7 Å². The number of nitrogens with zero attached hydrogens (tertiary/aromatic N) is 2. The van der Waals surface area contributed by atoms with Crippen molar-refractivity contribution in [2.24, 2.45) is 0 Å². The summed E-state index contributed by atoms with van der Waals surface area (Å²) in [4.78, 5) is 16.9. The first-order valence-electron chi connectivity index (χ1n) is 13.4. The van der Waals surface area contributed by atoms with Gasteiger partial charge in [0.25, 0.3) is 0 Å². The molecule has 3 aliphatic carbocycles. The highest BCUT2D eigenvalue weighted by Gasteiger charge is 2.51. The van der Waals surface area contributed by atoms with E-state index in [2.05, 4.69) is 51.1 Å². The summed E-state index contributed by atoms with van der Waals surface area (Å²) in [5.74, 6) is 2.24. The van der Waals surface area contributed by atoms with Crippen molar-refractivity contribution in [1.29, 1.82) is 0 Å². The summed E-state index contributed by atoms with van der Waals surface area (Å²) in [5, 5.41) is 7.14. The third-order valence-electron chi connectivity index (χ3n) is 9.58. The molecule has 0 spiro atoms. The second kappa shape index (κ2) is 12.5. The number of H-pyrrole nitrogens is 2. The zero-order valence-corrected chi connectivity index (χ0v) is 24.9. The number of imidazole rings is 2. The van der Waals surface area contributed by atoms with E-state index in [0.29, 0.717) is 22.9 Å². The van der Waals surface area contributed by atoms with E-state index in [1.54, 1.807) is 0 Å². The molecule has 0 unspecified atom stereocenters. The molecule has 2 saturated heterocycles. The first-order valence-corrected chi connectivity index (χ1v) is 13.4. The Labute approximate surface area is 250 Å². The van der Waals surface area contributed by atoms with Gasteiger partial charge in [-0.05, 0) is 99.9 Å². The molecule has 2 atom stereocenters. The molecule has 10 heteroatoms. The van der Waals surface area contributed by atoms with E-state index >= 15 is 0 Å². The summed E-state index contributed by atoms with van der Waals surface area (Å²) in [6, 6.07) is 10.1. The molecule has 38 heavy (non-hydrogen) atoms. The first-order chi connectivity index (χ1) is 16.7. The molecule has 1 aromatic carbocycles. The normalized spacial score (nSPS) is 29.6. The number of hydrogen-bond acceptors (Lipinski definition) is 4. The van der Waals surface area contributed by atoms with Crippen LogP contribution in [-0.2, 0) is 10.8 Å². The maximum Gasteiger partial charge on any atom is 0.123 e. The van der Waals surface area contributed by atoms with Gasteiger partial charge in [0.2, 0.25) is 0 Å². The average molecular weight is 602 g/mol. The van der Waals surface area contributed by atoms with Crippen molar-refractivity contribution < 1.29 is 0 Å². The van der Waals surface area contributed by atoms with Crippen LogP contribution < -0.4 is 10.6 Å². The number of nitrogens with one attached hydrogen (secondary N) is 4. The fourth-order valence-electron chi connectivity index (χ4n) is 7.32. The Balaban J connectivity index is 0.000001000. The van der Waals surface area contributed by atoms with Crippen LogP contribution in [0.1, 0.15) is 99.2 Å². The molecule has 5 aliphatic rings. The first kappa shape index (κ1) is 31.3. The number of aromatic amines is 2. The largest absolute Gasteiger partial charge is 0.344 e. The zero-order chi connectivity index (χ0) is 22.6. The van der Waals surface area contributed by atoms with E-state index in [1.165, 1.54) is 81.0 Å². The Bertz CT molecular complexity index is 1160. The molecule has 3 saturated carbocycles. The summed E-state index contributed by atoms with van der Waals surface area (Å²) in [6.45, 7) is 2.21. The van der Waals surface area contributed by atoms with Gasteiger partial charge in [0.05, 0.1) is 24.0 Å². The molecule has 2 aliphatic heterocycles. The van der Waals surface area contributed by atoms with Gasteiger partial charge in [-0.1, -0.05) is 18.2 Å². The van der Waals surface area contributed by atoms with Crippen molar-refractivity contribution in [3.63, 3.8) is 0 Å². The Kier molecular flexibility index (Phi) is 10.3. The monoisotopic (exact) mass is 600 g/mol. The molecule has 4 N–H and O–H groups in total. The standard InChI is InChI=1S/C28H36N6.4ClH/c1-4-19(23-17-31-25(33-23)21-6-2-14-29-21)16-20(5-1)27-8-11-28(12-9-27,13-10-27)24-18-32-26(34-24)22-7-3-15-30-22;;;;/h1,4-5,16-18,21-22,29-30H,2-3,6-15H2,(H,31,33)(H,32,34);4*1H/t21-,22-,27?,28?;;;;/m0..../s1. The van der Waals surface area contributed by atoms with Crippen LogP contribution in [0.3, 0.4) is 0 Å². The van der Waals surface area contributed by atoms with Crippen molar-refractivity contribution in [2.45, 2.75) is 87.1 Å². The van der Waals surface area contributed by atoms with Crippen LogP contribution in [0.4, 0.5) is 0 Å². The second-order valence-electron chi connectivity index (χ2n) is 11.3. The lowest BCUT2D eigenvalue weighted by Gasteiger charge is -2.53. The van der Waals surface area contributed by atoms with Gasteiger partial charge in [-0.2, -0.15) is 0 Å². The van der Waals surface area contributed by atoms with E-state index in [-0.39, 0.29) is 49.6 Å². The van der Waals surface area contributed by atoms with E-state index in [4.69, 9.17) is 9.97 Å². The maximum absolute atomic E-state index is 4.80. The summed E-state index contributed by atoms with van der Waals surface area (Å²) < 4.78 is 0. The van der Waals surface area contributed by atoms with Gasteiger partial charge in [-0.3, -0.25) is 0 Å². The highest BCUT2D eigenvalue weighted by molar-refractivity contribution is 5.86. The molecule has 3 aromatic rings. The van der Waals surface area contributed by atoms with Crippen LogP contribution in [0.5, 0.6) is 0 Å². The maximum atomic E-state index is 4.80.